The third kappa shape index (κ3) is 4.18. The highest BCUT2D eigenvalue weighted by atomic mass is 19.1. The minimum atomic E-state index is -0.516. The first kappa shape index (κ1) is 17.6. The predicted molar refractivity (Wildman–Crippen MR) is 93.1 cm³/mol. The lowest BCUT2D eigenvalue weighted by molar-refractivity contribution is 0.162. The van der Waals surface area contributed by atoms with E-state index in [1.807, 2.05) is 32.0 Å². The quantitative estimate of drug-likeness (QED) is 0.905. The minimum absolute atomic E-state index is 0.183. The van der Waals surface area contributed by atoms with Gasteiger partial charge in [0.05, 0.1) is 6.10 Å². The topological polar surface area (TPSA) is 46.2 Å². The van der Waals surface area contributed by atoms with E-state index in [1.54, 1.807) is 6.07 Å². The molecular formula is C20H26FNO. The van der Waals surface area contributed by atoms with Gasteiger partial charge in [-0.3, -0.25) is 0 Å². The highest BCUT2D eigenvalue weighted by Gasteiger charge is 2.24. The van der Waals surface area contributed by atoms with Crippen molar-refractivity contribution in [1.82, 2.24) is 0 Å². The molecule has 3 rings (SSSR count). The number of hydrogen-bond donors (Lipinski definition) is 2. The third-order valence-corrected chi connectivity index (χ3v) is 4.34. The van der Waals surface area contributed by atoms with Crippen molar-refractivity contribution < 1.29 is 9.50 Å². The molecule has 0 saturated heterocycles. The van der Waals surface area contributed by atoms with E-state index in [0.29, 0.717) is 6.42 Å². The Hall–Kier alpha value is -1.71. The van der Waals surface area contributed by atoms with Gasteiger partial charge in [-0.2, -0.15) is 0 Å². The number of hydrogen-bond acceptors (Lipinski definition) is 2. The second kappa shape index (κ2) is 8.23. The SMILES string of the molecule is CC.NCC(O)C[C@H]1Cc2cc(F)ccc2Cc2ccccc21. The predicted octanol–water partition coefficient (Wildman–Crippen LogP) is 3.79. The van der Waals surface area contributed by atoms with Gasteiger partial charge in [0.2, 0.25) is 0 Å². The van der Waals surface area contributed by atoms with Crippen LogP contribution in [-0.4, -0.2) is 17.8 Å². The van der Waals surface area contributed by atoms with Gasteiger partial charge < -0.3 is 10.8 Å². The summed E-state index contributed by atoms with van der Waals surface area (Å²) in [5, 5.41) is 9.93. The first-order valence-corrected chi connectivity index (χ1v) is 8.40. The molecule has 1 aliphatic rings. The van der Waals surface area contributed by atoms with Crippen molar-refractivity contribution in [2.45, 2.75) is 45.1 Å². The van der Waals surface area contributed by atoms with Gasteiger partial charge in [0.25, 0.3) is 0 Å². The number of rotatable bonds is 3. The van der Waals surface area contributed by atoms with E-state index >= 15 is 0 Å². The first-order chi connectivity index (χ1) is 11.2. The summed E-state index contributed by atoms with van der Waals surface area (Å²) < 4.78 is 13.5. The smallest absolute Gasteiger partial charge is 0.123 e. The molecule has 23 heavy (non-hydrogen) atoms. The zero-order chi connectivity index (χ0) is 16.8. The fourth-order valence-corrected chi connectivity index (χ4v) is 3.27. The maximum atomic E-state index is 13.5. The summed E-state index contributed by atoms with van der Waals surface area (Å²) in [5.41, 5.74) is 10.3. The number of fused-ring (bicyclic) bond motifs is 2. The van der Waals surface area contributed by atoms with E-state index in [-0.39, 0.29) is 18.3 Å². The summed E-state index contributed by atoms with van der Waals surface area (Å²) in [6, 6.07) is 13.3. The normalized spacial score (nSPS) is 17.2. The Morgan fingerprint density at radius 1 is 1.13 bits per heavy atom. The number of aliphatic hydroxyl groups excluding tert-OH is 1. The number of benzene rings is 2. The monoisotopic (exact) mass is 315 g/mol. The molecule has 2 aromatic carbocycles. The molecule has 0 bridgehead atoms. The van der Waals surface area contributed by atoms with Gasteiger partial charge in [-0.05, 0) is 59.6 Å². The van der Waals surface area contributed by atoms with Crippen LogP contribution >= 0.6 is 0 Å². The zero-order valence-electron chi connectivity index (χ0n) is 13.9. The van der Waals surface area contributed by atoms with Gasteiger partial charge in [0, 0.05) is 6.54 Å². The molecule has 0 heterocycles. The Balaban J connectivity index is 0.000000924. The second-order valence-corrected chi connectivity index (χ2v) is 5.81. The maximum Gasteiger partial charge on any atom is 0.123 e. The Labute approximate surface area is 138 Å². The lowest BCUT2D eigenvalue weighted by Crippen LogP contribution is -2.23. The van der Waals surface area contributed by atoms with Crippen molar-refractivity contribution in [3.05, 3.63) is 70.5 Å². The van der Waals surface area contributed by atoms with E-state index in [2.05, 4.69) is 12.1 Å². The van der Waals surface area contributed by atoms with Gasteiger partial charge in [0.1, 0.15) is 5.82 Å². The van der Waals surface area contributed by atoms with Crippen LogP contribution in [0.2, 0.25) is 0 Å². The Bertz CT molecular complexity index is 641. The maximum absolute atomic E-state index is 13.5. The van der Waals surface area contributed by atoms with E-state index in [1.165, 1.54) is 22.8 Å². The molecule has 1 unspecified atom stereocenters. The summed E-state index contributed by atoms with van der Waals surface area (Å²) in [6.45, 7) is 4.26. The average molecular weight is 315 g/mol. The number of aliphatic hydroxyl groups is 1. The van der Waals surface area contributed by atoms with Crippen molar-refractivity contribution in [3.63, 3.8) is 0 Å². The van der Waals surface area contributed by atoms with E-state index in [4.69, 9.17) is 5.73 Å². The molecule has 0 saturated carbocycles. The van der Waals surface area contributed by atoms with Crippen LogP contribution in [0.3, 0.4) is 0 Å². The van der Waals surface area contributed by atoms with Crippen molar-refractivity contribution >= 4 is 0 Å². The van der Waals surface area contributed by atoms with Gasteiger partial charge in [-0.15, -0.1) is 0 Å². The van der Waals surface area contributed by atoms with Crippen LogP contribution in [0.4, 0.5) is 4.39 Å². The van der Waals surface area contributed by atoms with Crippen molar-refractivity contribution in [3.8, 4) is 0 Å². The standard InChI is InChI=1S/C18H20FNO.C2H6/c19-16-6-5-12-7-13-3-1-2-4-18(13)15(8-14(12)9-16)10-17(21)11-20;1-2/h1-6,9,15,17,21H,7-8,10-11,20H2;1-2H3/t15-,17?;/m1./s1. The Morgan fingerprint density at radius 3 is 2.61 bits per heavy atom. The Kier molecular flexibility index (Phi) is 6.31. The van der Waals surface area contributed by atoms with Crippen molar-refractivity contribution in [1.29, 1.82) is 0 Å². The van der Waals surface area contributed by atoms with Gasteiger partial charge >= 0.3 is 0 Å². The molecule has 2 nitrogen and oxygen atoms in total. The molecule has 124 valence electrons. The van der Waals surface area contributed by atoms with Crippen LogP contribution in [0, 0.1) is 5.82 Å². The zero-order valence-corrected chi connectivity index (χ0v) is 13.9. The highest BCUT2D eigenvalue weighted by Crippen LogP contribution is 2.34. The molecule has 2 atom stereocenters. The molecule has 3 heteroatoms. The van der Waals surface area contributed by atoms with Crippen LogP contribution in [0.5, 0.6) is 0 Å². The van der Waals surface area contributed by atoms with Crippen molar-refractivity contribution in [2.24, 2.45) is 5.73 Å². The van der Waals surface area contributed by atoms with Crippen LogP contribution in [0.15, 0.2) is 42.5 Å². The van der Waals surface area contributed by atoms with Gasteiger partial charge in [-0.25, -0.2) is 4.39 Å². The lowest BCUT2D eigenvalue weighted by atomic mass is 9.87. The summed E-state index contributed by atoms with van der Waals surface area (Å²) in [7, 11) is 0. The molecule has 0 aromatic heterocycles. The largest absolute Gasteiger partial charge is 0.392 e. The molecule has 0 spiro atoms. The fraction of sp³-hybridized carbons (Fsp3) is 0.400. The number of halogens is 1. The van der Waals surface area contributed by atoms with Crippen LogP contribution in [0.25, 0.3) is 0 Å². The second-order valence-electron chi connectivity index (χ2n) is 5.81. The molecule has 0 aliphatic heterocycles. The molecule has 1 aliphatic carbocycles. The van der Waals surface area contributed by atoms with E-state index in [0.717, 1.165) is 18.4 Å². The Morgan fingerprint density at radius 2 is 1.87 bits per heavy atom. The van der Waals surface area contributed by atoms with Crippen LogP contribution in [0.1, 0.15) is 48.4 Å². The van der Waals surface area contributed by atoms with Gasteiger partial charge in [0.15, 0.2) is 0 Å². The highest BCUT2D eigenvalue weighted by molar-refractivity contribution is 5.42. The fourth-order valence-electron chi connectivity index (χ4n) is 3.27. The van der Waals surface area contributed by atoms with E-state index < -0.39 is 6.10 Å². The van der Waals surface area contributed by atoms with Crippen LogP contribution in [-0.2, 0) is 12.8 Å². The number of nitrogens with two attached hydrogens (primary N) is 1. The summed E-state index contributed by atoms with van der Waals surface area (Å²) in [5.74, 6) is -0.0133. The van der Waals surface area contributed by atoms with Crippen molar-refractivity contribution in [2.75, 3.05) is 6.54 Å². The lowest BCUT2D eigenvalue weighted by Gasteiger charge is -2.20. The molecule has 0 radical (unpaired) electrons. The first-order valence-electron chi connectivity index (χ1n) is 8.40. The average Bonchev–Trinajstić information content (AvgIpc) is 2.73. The van der Waals surface area contributed by atoms with E-state index in [9.17, 15) is 9.50 Å². The molecule has 0 fully saturated rings. The summed E-state index contributed by atoms with van der Waals surface area (Å²) in [4.78, 5) is 0. The van der Waals surface area contributed by atoms with Gasteiger partial charge in [-0.1, -0.05) is 44.2 Å². The minimum Gasteiger partial charge on any atom is -0.392 e. The summed E-state index contributed by atoms with van der Waals surface area (Å²) in [6.07, 6.45) is 1.67. The summed E-state index contributed by atoms with van der Waals surface area (Å²) >= 11 is 0. The molecular weight excluding hydrogens is 289 g/mol. The molecule has 0 amide bonds. The third-order valence-electron chi connectivity index (χ3n) is 4.34. The van der Waals surface area contributed by atoms with Crippen LogP contribution < -0.4 is 5.73 Å². The molecule has 3 N–H and O–H groups in total. The molecule has 2 aromatic rings.